The van der Waals surface area contributed by atoms with Gasteiger partial charge >= 0.3 is 0 Å². The van der Waals surface area contributed by atoms with Gasteiger partial charge in [-0.2, -0.15) is 0 Å². The fourth-order valence-electron chi connectivity index (χ4n) is 4.31. The van der Waals surface area contributed by atoms with Gasteiger partial charge < -0.3 is 10.6 Å². The Bertz CT molecular complexity index is 997. The van der Waals surface area contributed by atoms with E-state index in [9.17, 15) is 4.79 Å². The van der Waals surface area contributed by atoms with Gasteiger partial charge in [-0.05, 0) is 56.6 Å². The van der Waals surface area contributed by atoms with Crippen LogP contribution in [0.3, 0.4) is 0 Å². The summed E-state index contributed by atoms with van der Waals surface area (Å²) in [4.78, 5) is 25.9. The van der Waals surface area contributed by atoms with Crippen LogP contribution in [-0.4, -0.2) is 27.4 Å². The standard InChI is InChI=1S/C22H27N5OS2/c1-4-15-7-17(9-18(8-15)24-12-28)16-5-6-20(23-10-16)27-22-26-19(11-29-22)21-13(2)25-14(3)30-21/h5-6,10-12,15,17-18H,4,7-9H2,1-3H3,(H,24,28)(H,23,26,27)/t15?,17-,18+/m0/s1. The molecule has 158 valence electrons. The number of anilines is 2. The normalized spacial score (nSPS) is 21.4. The van der Waals surface area contributed by atoms with Crippen molar-refractivity contribution in [3.05, 3.63) is 40.0 Å². The molecule has 1 fully saturated rings. The predicted octanol–water partition coefficient (Wildman–Crippen LogP) is 5.43. The van der Waals surface area contributed by atoms with Crippen molar-refractivity contribution in [3.8, 4) is 10.6 Å². The summed E-state index contributed by atoms with van der Waals surface area (Å²) in [5, 5.41) is 10.3. The summed E-state index contributed by atoms with van der Waals surface area (Å²) >= 11 is 3.25. The first-order valence-electron chi connectivity index (χ1n) is 10.4. The molecule has 2 N–H and O–H groups in total. The minimum Gasteiger partial charge on any atom is -0.356 e. The maximum absolute atomic E-state index is 10.9. The molecule has 30 heavy (non-hydrogen) atoms. The topological polar surface area (TPSA) is 79.8 Å². The number of aromatic nitrogens is 3. The first kappa shape index (κ1) is 20.9. The number of rotatable bonds is 7. The molecule has 3 atom stereocenters. The average molecular weight is 442 g/mol. The number of hydrogen-bond acceptors (Lipinski definition) is 7. The molecule has 3 heterocycles. The lowest BCUT2D eigenvalue weighted by molar-refractivity contribution is -0.110. The molecular formula is C22H27N5OS2. The summed E-state index contributed by atoms with van der Waals surface area (Å²) in [5.74, 6) is 1.88. The maximum atomic E-state index is 10.9. The van der Waals surface area contributed by atoms with Gasteiger partial charge in [0.15, 0.2) is 5.13 Å². The van der Waals surface area contributed by atoms with Crippen LogP contribution < -0.4 is 10.6 Å². The SMILES string of the molecule is CCC1C[C@@H](NC=O)C[C@@H](c2ccc(Nc3nc(-c4sc(C)nc4C)cs3)nc2)C1. The number of carbonyl (C=O) groups excluding carboxylic acids is 1. The second-order valence-electron chi connectivity index (χ2n) is 7.95. The highest BCUT2D eigenvalue weighted by Crippen LogP contribution is 2.38. The highest BCUT2D eigenvalue weighted by molar-refractivity contribution is 7.16. The minimum atomic E-state index is 0.261. The zero-order chi connectivity index (χ0) is 21.1. The van der Waals surface area contributed by atoms with Crippen LogP contribution in [0, 0.1) is 19.8 Å². The van der Waals surface area contributed by atoms with Crippen LogP contribution in [0.25, 0.3) is 10.6 Å². The Labute approximate surface area is 185 Å². The monoisotopic (exact) mass is 441 g/mol. The van der Waals surface area contributed by atoms with E-state index in [1.54, 1.807) is 22.7 Å². The molecule has 0 saturated heterocycles. The van der Waals surface area contributed by atoms with Gasteiger partial charge in [0, 0.05) is 17.6 Å². The molecule has 1 amide bonds. The smallest absolute Gasteiger partial charge is 0.207 e. The number of aryl methyl sites for hydroxylation is 2. The molecule has 0 aliphatic heterocycles. The third-order valence-corrected chi connectivity index (χ3v) is 7.67. The van der Waals surface area contributed by atoms with Gasteiger partial charge in [-0.25, -0.2) is 15.0 Å². The van der Waals surface area contributed by atoms with Crippen LogP contribution in [-0.2, 0) is 4.79 Å². The molecule has 1 saturated carbocycles. The summed E-state index contributed by atoms with van der Waals surface area (Å²) in [6, 6.07) is 4.44. The Hall–Kier alpha value is -2.32. The van der Waals surface area contributed by atoms with Crippen LogP contribution in [0.1, 0.15) is 54.8 Å². The lowest BCUT2D eigenvalue weighted by Crippen LogP contribution is -2.36. The molecule has 3 aromatic heterocycles. The largest absolute Gasteiger partial charge is 0.356 e. The van der Waals surface area contributed by atoms with Crippen molar-refractivity contribution in [3.63, 3.8) is 0 Å². The second-order valence-corrected chi connectivity index (χ2v) is 10.0. The summed E-state index contributed by atoms with van der Waals surface area (Å²) in [6.07, 6.45) is 7.16. The van der Waals surface area contributed by atoms with Crippen LogP contribution in [0.4, 0.5) is 10.9 Å². The molecule has 3 aromatic rings. The van der Waals surface area contributed by atoms with Crippen molar-refractivity contribution in [1.29, 1.82) is 0 Å². The van der Waals surface area contributed by atoms with Gasteiger partial charge in [-0.1, -0.05) is 19.4 Å². The van der Waals surface area contributed by atoms with E-state index < -0.39 is 0 Å². The predicted molar refractivity (Wildman–Crippen MR) is 124 cm³/mol. The molecule has 8 heteroatoms. The Morgan fingerprint density at radius 3 is 2.73 bits per heavy atom. The Kier molecular flexibility index (Phi) is 6.43. The van der Waals surface area contributed by atoms with E-state index in [0.29, 0.717) is 11.8 Å². The second kappa shape index (κ2) is 9.22. The first-order chi connectivity index (χ1) is 14.6. The van der Waals surface area contributed by atoms with Crippen molar-refractivity contribution in [2.24, 2.45) is 5.92 Å². The van der Waals surface area contributed by atoms with E-state index in [1.807, 2.05) is 26.1 Å². The Balaban J connectivity index is 1.44. The summed E-state index contributed by atoms with van der Waals surface area (Å²) in [5.41, 5.74) is 3.23. The van der Waals surface area contributed by atoms with Gasteiger partial charge in [0.25, 0.3) is 0 Å². The Morgan fingerprint density at radius 1 is 1.20 bits per heavy atom. The van der Waals surface area contributed by atoms with Crippen LogP contribution in [0.15, 0.2) is 23.7 Å². The molecule has 1 unspecified atom stereocenters. The fourth-order valence-corrected chi connectivity index (χ4v) is 5.97. The van der Waals surface area contributed by atoms with Crippen molar-refractivity contribution in [1.82, 2.24) is 20.3 Å². The lowest BCUT2D eigenvalue weighted by Gasteiger charge is -2.34. The summed E-state index contributed by atoms with van der Waals surface area (Å²) in [6.45, 7) is 6.27. The molecule has 1 aliphatic rings. The highest BCUT2D eigenvalue weighted by Gasteiger charge is 2.28. The van der Waals surface area contributed by atoms with E-state index in [-0.39, 0.29) is 6.04 Å². The highest BCUT2D eigenvalue weighted by atomic mass is 32.1. The number of amides is 1. The quantitative estimate of drug-likeness (QED) is 0.478. The lowest BCUT2D eigenvalue weighted by atomic mass is 9.75. The van der Waals surface area contributed by atoms with Gasteiger partial charge in [0.1, 0.15) is 5.82 Å². The van der Waals surface area contributed by atoms with Gasteiger partial charge in [0.05, 0.1) is 21.3 Å². The zero-order valence-corrected chi connectivity index (χ0v) is 19.1. The molecule has 4 rings (SSSR count). The van der Waals surface area contributed by atoms with Crippen molar-refractivity contribution < 1.29 is 4.79 Å². The third kappa shape index (κ3) is 4.70. The summed E-state index contributed by atoms with van der Waals surface area (Å²) < 4.78 is 0. The van der Waals surface area contributed by atoms with E-state index in [1.165, 1.54) is 5.56 Å². The van der Waals surface area contributed by atoms with E-state index >= 15 is 0 Å². The Morgan fingerprint density at radius 2 is 2.07 bits per heavy atom. The number of nitrogens with zero attached hydrogens (tertiary/aromatic N) is 3. The molecular weight excluding hydrogens is 414 g/mol. The van der Waals surface area contributed by atoms with E-state index in [0.717, 1.165) is 64.3 Å². The van der Waals surface area contributed by atoms with Crippen molar-refractivity contribution >= 4 is 40.0 Å². The first-order valence-corrected chi connectivity index (χ1v) is 12.1. The average Bonchev–Trinajstić information content (AvgIpc) is 3.34. The molecule has 6 nitrogen and oxygen atoms in total. The number of carbonyl (C=O) groups is 1. The number of pyridine rings is 1. The number of thiazole rings is 2. The molecule has 0 aromatic carbocycles. The minimum absolute atomic E-state index is 0.261. The maximum Gasteiger partial charge on any atom is 0.207 e. The van der Waals surface area contributed by atoms with Crippen LogP contribution in [0.2, 0.25) is 0 Å². The van der Waals surface area contributed by atoms with Gasteiger partial charge in [0.2, 0.25) is 6.41 Å². The molecule has 0 bridgehead atoms. The van der Waals surface area contributed by atoms with Crippen LogP contribution in [0.5, 0.6) is 0 Å². The van der Waals surface area contributed by atoms with Crippen LogP contribution >= 0.6 is 22.7 Å². The molecule has 1 aliphatic carbocycles. The third-order valence-electron chi connectivity index (χ3n) is 5.82. The number of nitrogens with one attached hydrogen (secondary N) is 2. The van der Waals surface area contributed by atoms with Crippen molar-refractivity contribution in [2.45, 2.75) is 58.4 Å². The number of hydrogen-bond donors (Lipinski definition) is 2. The van der Waals surface area contributed by atoms with Gasteiger partial charge in [-0.3, -0.25) is 4.79 Å². The fraction of sp³-hybridized carbons (Fsp3) is 0.455. The van der Waals surface area contributed by atoms with Crippen molar-refractivity contribution in [2.75, 3.05) is 5.32 Å². The van der Waals surface area contributed by atoms with Gasteiger partial charge in [-0.15, -0.1) is 22.7 Å². The molecule has 0 radical (unpaired) electrons. The van der Waals surface area contributed by atoms with E-state index in [4.69, 9.17) is 4.98 Å². The zero-order valence-electron chi connectivity index (χ0n) is 17.5. The van der Waals surface area contributed by atoms with E-state index in [2.05, 4.69) is 39.0 Å². The molecule has 0 spiro atoms. The summed E-state index contributed by atoms with van der Waals surface area (Å²) in [7, 11) is 0.